The predicted molar refractivity (Wildman–Crippen MR) is 72.9 cm³/mol. The molecule has 1 unspecified atom stereocenters. The van der Waals surface area contributed by atoms with Crippen LogP contribution in [0.4, 0.5) is 5.69 Å². The van der Waals surface area contributed by atoms with Crippen LogP contribution < -0.4 is 4.74 Å². The van der Waals surface area contributed by atoms with Crippen LogP contribution in [-0.4, -0.2) is 12.3 Å². The summed E-state index contributed by atoms with van der Waals surface area (Å²) in [6, 6.07) is 5.77. The summed E-state index contributed by atoms with van der Waals surface area (Å²) in [6.07, 6.45) is 2.88. The lowest BCUT2D eigenvalue weighted by Crippen LogP contribution is -1.95. The van der Waals surface area contributed by atoms with E-state index in [1.807, 2.05) is 24.3 Å². The van der Waals surface area contributed by atoms with Crippen molar-refractivity contribution in [1.82, 2.24) is 0 Å². The first-order valence-corrected chi connectivity index (χ1v) is 6.21. The Bertz CT molecular complexity index is 494. The molecule has 1 aliphatic heterocycles. The Hall–Kier alpha value is -0.990. The van der Waals surface area contributed by atoms with E-state index in [-0.39, 0.29) is 5.92 Å². The van der Waals surface area contributed by atoms with Gasteiger partial charge >= 0.3 is 0 Å². The number of nitrogens with zero attached hydrogens (tertiary/aromatic N) is 1. The molecule has 1 aromatic carbocycles. The fourth-order valence-corrected chi connectivity index (χ4v) is 2.24. The van der Waals surface area contributed by atoms with Gasteiger partial charge in [0, 0.05) is 5.92 Å². The Morgan fingerprint density at radius 3 is 2.76 bits per heavy atom. The second-order valence-corrected chi connectivity index (χ2v) is 4.62. The van der Waals surface area contributed by atoms with E-state index in [1.165, 1.54) is 0 Å². The third-order valence-corrected chi connectivity index (χ3v) is 3.53. The van der Waals surface area contributed by atoms with Crippen molar-refractivity contribution >= 4 is 34.1 Å². The molecular weight excluding hydrogens is 257 g/mol. The molecule has 0 aromatic heterocycles. The molecule has 0 amide bonds. The van der Waals surface area contributed by atoms with Gasteiger partial charge in [0.1, 0.15) is 10.9 Å². The van der Waals surface area contributed by atoms with Crippen molar-refractivity contribution < 1.29 is 4.74 Å². The average molecular weight is 270 g/mol. The summed E-state index contributed by atoms with van der Waals surface area (Å²) in [4.78, 5) is 4.32. The van der Waals surface area contributed by atoms with Crippen molar-refractivity contribution in [2.75, 3.05) is 7.11 Å². The quantitative estimate of drug-likeness (QED) is 0.769. The van der Waals surface area contributed by atoms with E-state index in [1.54, 1.807) is 7.11 Å². The number of aliphatic imine (C=N–C) groups is 1. The van der Waals surface area contributed by atoms with E-state index in [2.05, 4.69) is 11.9 Å². The minimum Gasteiger partial charge on any atom is -0.497 e. The van der Waals surface area contributed by atoms with Crippen LogP contribution in [0, 0.1) is 0 Å². The highest BCUT2D eigenvalue weighted by molar-refractivity contribution is 6.76. The third kappa shape index (κ3) is 2.48. The summed E-state index contributed by atoms with van der Waals surface area (Å²) < 4.78 is 5.23. The van der Waals surface area contributed by atoms with Crippen LogP contribution >= 0.6 is 23.2 Å². The van der Waals surface area contributed by atoms with E-state index >= 15 is 0 Å². The highest BCUT2D eigenvalue weighted by atomic mass is 35.5. The number of benzene rings is 1. The molecule has 4 heteroatoms. The van der Waals surface area contributed by atoms with Crippen LogP contribution in [0.3, 0.4) is 0 Å². The number of halogens is 2. The molecule has 0 radical (unpaired) electrons. The zero-order chi connectivity index (χ0) is 12.4. The van der Waals surface area contributed by atoms with Gasteiger partial charge in [-0.15, -0.1) is 0 Å². The van der Waals surface area contributed by atoms with Crippen LogP contribution in [-0.2, 0) is 0 Å². The number of fused-ring (bicyclic) bond motifs is 1. The first-order chi connectivity index (χ1) is 8.15. The summed E-state index contributed by atoms with van der Waals surface area (Å²) in [5.74, 6) is 1.03. The molecule has 0 bridgehead atoms. The first-order valence-electron chi connectivity index (χ1n) is 5.45. The highest BCUT2D eigenvalue weighted by Gasteiger charge is 2.18. The van der Waals surface area contributed by atoms with Gasteiger partial charge < -0.3 is 4.74 Å². The predicted octanol–water partition coefficient (Wildman–Crippen LogP) is 4.59. The van der Waals surface area contributed by atoms with Crippen molar-refractivity contribution in [3.8, 4) is 5.75 Å². The van der Waals surface area contributed by atoms with Gasteiger partial charge in [-0.05, 0) is 30.2 Å². The molecule has 0 saturated heterocycles. The summed E-state index contributed by atoms with van der Waals surface area (Å²) in [7, 11) is 1.65. The largest absolute Gasteiger partial charge is 0.497 e. The monoisotopic (exact) mass is 269 g/mol. The number of rotatable bonds is 2. The van der Waals surface area contributed by atoms with Crippen molar-refractivity contribution in [2.24, 2.45) is 4.99 Å². The molecular formula is C13H13Cl2NO. The van der Waals surface area contributed by atoms with Crippen molar-refractivity contribution in [3.05, 3.63) is 34.9 Å². The third-order valence-electron chi connectivity index (χ3n) is 2.84. The Labute approximate surface area is 111 Å². The van der Waals surface area contributed by atoms with E-state index in [4.69, 9.17) is 27.9 Å². The lowest BCUT2D eigenvalue weighted by Gasteiger charge is -2.13. The van der Waals surface area contributed by atoms with Gasteiger partial charge in [-0.1, -0.05) is 36.2 Å². The van der Waals surface area contributed by atoms with Crippen LogP contribution in [0.5, 0.6) is 5.75 Å². The number of allylic oxidation sites excluding steroid dienone is 2. The molecule has 0 aliphatic carbocycles. The van der Waals surface area contributed by atoms with E-state index in [9.17, 15) is 0 Å². The van der Waals surface area contributed by atoms with Crippen molar-refractivity contribution in [3.63, 3.8) is 0 Å². The standard InChI is InChI=1S/C13H13Cl2NO/c1-3-8-6-11(14)13(15)16-12-5-4-9(17-2)7-10(8)12/h4-8H,3H2,1-2H3. The van der Waals surface area contributed by atoms with Crippen LogP contribution in [0.25, 0.3) is 0 Å². The smallest absolute Gasteiger partial charge is 0.148 e. The van der Waals surface area contributed by atoms with Gasteiger partial charge in [0.05, 0.1) is 17.8 Å². The maximum Gasteiger partial charge on any atom is 0.148 e. The number of methoxy groups -OCH3 is 1. The van der Waals surface area contributed by atoms with Gasteiger partial charge in [-0.3, -0.25) is 0 Å². The number of ether oxygens (including phenoxy) is 1. The van der Waals surface area contributed by atoms with Gasteiger partial charge in [-0.25, -0.2) is 4.99 Å². The first kappa shape index (κ1) is 12.5. The zero-order valence-corrected chi connectivity index (χ0v) is 11.2. The SMILES string of the molecule is CCC1C=C(Cl)C(Cl)=Nc2ccc(OC)cc21. The second kappa shape index (κ2) is 5.11. The summed E-state index contributed by atoms with van der Waals surface area (Å²) in [5, 5.41) is 0.850. The average Bonchev–Trinajstić information content (AvgIpc) is 2.46. The van der Waals surface area contributed by atoms with Crippen LogP contribution in [0.2, 0.25) is 0 Å². The lowest BCUT2D eigenvalue weighted by atomic mass is 9.95. The van der Waals surface area contributed by atoms with Gasteiger partial charge in [-0.2, -0.15) is 0 Å². The number of hydrogen-bond donors (Lipinski definition) is 0. The highest BCUT2D eigenvalue weighted by Crippen LogP contribution is 2.37. The molecule has 0 saturated carbocycles. The van der Waals surface area contributed by atoms with Crippen LogP contribution in [0.1, 0.15) is 24.8 Å². The van der Waals surface area contributed by atoms with Gasteiger partial charge in [0.25, 0.3) is 0 Å². The molecule has 2 nitrogen and oxygen atoms in total. The Morgan fingerprint density at radius 1 is 1.35 bits per heavy atom. The Kier molecular flexibility index (Phi) is 3.75. The molecule has 1 aromatic rings. The lowest BCUT2D eigenvalue weighted by molar-refractivity contribution is 0.414. The molecule has 1 heterocycles. The van der Waals surface area contributed by atoms with E-state index in [0.717, 1.165) is 23.4 Å². The van der Waals surface area contributed by atoms with Crippen molar-refractivity contribution in [2.45, 2.75) is 19.3 Å². The maximum absolute atomic E-state index is 6.08. The van der Waals surface area contributed by atoms with Crippen molar-refractivity contribution in [1.29, 1.82) is 0 Å². The molecule has 0 spiro atoms. The molecule has 0 fully saturated rings. The fraction of sp³-hybridized carbons (Fsp3) is 0.308. The number of hydrogen-bond acceptors (Lipinski definition) is 2. The summed E-state index contributed by atoms with van der Waals surface area (Å²) in [6.45, 7) is 2.10. The fourth-order valence-electron chi connectivity index (χ4n) is 1.89. The maximum atomic E-state index is 6.08. The molecule has 0 N–H and O–H groups in total. The Morgan fingerprint density at radius 2 is 2.12 bits per heavy atom. The minimum absolute atomic E-state index is 0.215. The minimum atomic E-state index is 0.215. The second-order valence-electron chi connectivity index (χ2n) is 3.86. The van der Waals surface area contributed by atoms with Gasteiger partial charge in [0.2, 0.25) is 0 Å². The molecule has 1 atom stereocenters. The van der Waals surface area contributed by atoms with E-state index in [0.29, 0.717) is 10.2 Å². The normalized spacial score (nSPS) is 18.9. The molecule has 17 heavy (non-hydrogen) atoms. The van der Waals surface area contributed by atoms with E-state index < -0.39 is 0 Å². The van der Waals surface area contributed by atoms with Gasteiger partial charge in [0.15, 0.2) is 0 Å². The Balaban J connectivity index is 2.58. The molecule has 2 rings (SSSR count). The topological polar surface area (TPSA) is 21.6 Å². The molecule has 1 aliphatic rings. The summed E-state index contributed by atoms with van der Waals surface area (Å²) >= 11 is 12.1. The van der Waals surface area contributed by atoms with Crippen LogP contribution in [0.15, 0.2) is 34.3 Å². The molecule has 90 valence electrons. The zero-order valence-electron chi connectivity index (χ0n) is 9.71. The summed E-state index contributed by atoms with van der Waals surface area (Å²) in [5.41, 5.74) is 1.95.